The van der Waals surface area contributed by atoms with Crippen molar-refractivity contribution in [2.75, 3.05) is 33.4 Å². The second-order valence-corrected chi connectivity index (χ2v) is 3.77. The molecule has 0 saturated carbocycles. The maximum atomic E-state index is 11.6. The highest BCUT2D eigenvalue weighted by Crippen LogP contribution is 2.16. The molecule has 1 fully saturated rings. The average Bonchev–Trinajstić information content (AvgIpc) is 2.66. The zero-order valence-electron chi connectivity index (χ0n) is 8.74. The summed E-state index contributed by atoms with van der Waals surface area (Å²) in [6.45, 7) is 2.37. The molecule has 0 radical (unpaired) electrons. The summed E-state index contributed by atoms with van der Waals surface area (Å²) >= 11 is 0. The SMILES string of the molecule is COCCCC(=O)N1CCC(CO)C1. The number of aliphatic hydroxyl groups excluding tert-OH is 1. The third-order valence-electron chi connectivity index (χ3n) is 2.64. The van der Waals surface area contributed by atoms with E-state index >= 15 is 0 Å². The fourth-order valence-electron chi connectivity index (χ4n) is 1.73. The van der Waals surface area contributed by atoms with Crippen molar-refractivity contribution >= 4 is 5.91 Å². The van der Waals surface area contributed by atoms with Crippen LogP contribution in [0.4, 0.5) is 0 Å². The fraction of sp³-hybridized carbons (Fsp3) is 0.900. The lowest BCUT2D eigenvalue weighted by Gasteiger charge is -2.15. The van der Waals surface area contributed by atoms with Crippen LogP contribution >= 0.6 is 0 Å². The number of aliphatic hydroxyl groups is 1. The Hall–Kier alpha value is -0.610. The molecule has 1 aliphatic heterocycles. The molecule has 1 unspecified atom stereocenters. The second-order valence-electron chi connectivity index (χ2n) is 3.77. The predicted octanol–water partition coefficient (Wildman–Crippen LogP) is 0.254. The van der Waals surface area contributed by atoms with Gasteiger partial charge in [0, 0.05) is 45.8 Å². The topological polar surface area (TPSA) is 49.8 Å². The van der Waals surface area contributed by atoms with Gasteiger partial charge in [-0.05, 0) is 12.8 Å². The zero-order chi connectivity index (χ0) is 10.4. The lowest BCUT2D eigenvalue weighted by Crippen LogP contribution is -2.29. The van der Waals surface area contributed by atoms with Gasteiger partial charge in [0.2, 0.25) is 5.91 Å². The molecule has 1 amide bonds. The number of rotatable bonds is 5. The maximum absolute atomic E-state index is 11.6. The minimum absolute atomic E-state index is 0.193. The molecule has 4 heteroatoms. The molecule has 1 aliphatic rings. The Morgan fingerprint density at radius 2 is 2.43 bits per heavy atom. The van der Waals surface area contributed by atoms with E-state index < -0.39 is 0 Å². The van der Waals surface area contributed by atoms with Crippen molar-refractivity contribution in [2.24, 2.45) is 5.92 Å². The molecular weight excluding hydrogens is 182 g/mol. The molecule has 0 bridgehead atoms. The minimum Gasteiger partial charge on any atom is -0.396 e. The van der Waals surface area contributed by atoms with Gasteiger partial charge in [0.1, 0.15) is 0 Å². The van der Waals surface area contributed by atoms with Crippen LogP contribution < -0.4 is 0 Å². The van der Waals surface area contributed by atoms with Gasteiger partial charge in [0.15, 0.2) is 0 Å². The van der Waals surface area contributed by atoms with Crippen LogP contribution in [0.3, 0.4) is 0 Å². The molecule has 4 nitrogen and oxygen atoms in total. The zero-order valence-corrected chi connectivity index (χ0v) is 8.74. The van der Waals surface area contributed by atoms with Crippen molar-refractivity contribution in [1.82, 2.24) is 4.90 Å². The molecule has 0 aromatic carbocycles. The number of ether oxygens (including phenoxy) is 1. The summed E-state index contributed by atoms with van der Waals surface area (Å²) in [6, 6.07) is 0. The van der Waals surface area contributed by atoms with Crippen LogP contribution in [0.15, 0.2) is 0 Å². The van der Waals surface area contributed by atoms with Gasteiger partial charge in [0.05, 0.1) is 0 Å². The van der Waals surface area contributed by atoms with E-state index in [0.717, 1.165) is 25.9 Å². The molecule has 1 heterocycles. The summed E-state index contributed by atoms with van der Waals surface area (Å²) in [4.78, 5) is 13.4. The highest BCUT2D eigenvalue weighted by molar-refractivity contribution is 5.76. The van der Waals surface area contributed by atoms with Gasteiger partial charge in [-0.1, -0.05) is 0 Å². The van der Waals surface area contributed by atoms with Crippen LogP contribution in [0.2, 0.25) is 0 Å². The van der Waals surface area contributed by atoms with Crippen molar-refractivity contribution in [3.63, 3.8) is 0 Å². The van der Waals surface area contributed by atoms with Crippen LogP contribution in [-0.2, 0) is 9.53 Å². The van der Waals surface area contributed by atoms with Crippen molar-refractivity contribution in [2.45, 2.75) is 19.3 Å². The maximum Gasteiger partial charge on any atom is 0.222 e. The Balaban J connectivity index is 2.18. The van der Waals surface area contributed by atoms with E-state index in [0.29, 0.717) is 18.9 Å². The van der Waals surface area contributed by atoms with Gasteiger partial charge < -0.3 is 14.7 Å². The number of nitrogens with zero attached hydrogens (tertiary/aromatic N) is 1. The van der Waals surface area contributed by atoms with Crippen LogP contribution in [0.5, 0.6) is 0 Å². The van der Waals surface area contributed by atoms with Crippen LogP contribution in [0, 0.1) is 5.92 Å². The van der Waals surface area contributed by atoms with E-state index in [4.69, 9.17) is 9.84 Å². The first-order valence-corrected chi connectivity index (χ1v) is 5.15. The molecule has 0 aromatic rings. The monoisotopic (exact) mass is 201 g/mol. The third kappa shape index (κ3) is 3.27. The van der Waals surface area contributed by atoms with Crippen molar-refractivity contribution in [1.29, 1.82) is 0 Å². The molecule has 82 valence electrons. The molecule has 0 aromatic heterocycles. The summed E-state index contributed by atoms with van der Waals surface area (Å²) < 4.78 is 4.89. The molecule has 1 rings (SSSR count). The molecule has 1 atom stereocenters. The number of likely N-dealkylation sites (tertiary alicyclic amines) is 1. The first-order valence-electron chi connectivity index (χ1n) is 5.15. The number of hydrogen-bond donors (Lipinski definition) is 1. The number of amides is 1. The van der Waals surface area contributed by atoms with Crippen LogP contribution in [-0.4, -0.2) is 49.3 Å². The van der Waals surface area contributed by atoms with E-state index in [1.54, 1.807) is 7.11 Å². The van der Waals surface area contributed by atoms with Gasteiger partial charge >= 0.3 is 0 Å². The van der Waals surface area contributed by atoms with E-state index in [2.05, 4.69) is 0 Å². The predicted molar refractivity (Wildman–Crippen MR) is 52.9 cm³/mol. The summed E-state index contributed by atoms with van der Waals surface area (Å²) in [6.07, 6.45) is 2.29. The second kappa shape index (κ2) is 5.98. The fourth-order valence-corrected chi connectivity index (χ4v) is 1.73. The molecule has 1 saturated heterocycles. The Bertz CT molecular complexity index is 184. The normalized spacial score (nSPS) is 21.6. The van der Waals surface area contributed by atoms with Crippen molar-refractivity contribution in [3.05, 3.63) is 0 Å². The molecule has 1 N–H and O–H groups in total. The van der Waals surface area contributed by atoms with Gasteiger partial charge in [-0.15, -0.1) is 0 Å². The van der Waals surface area contributed by atoms with Gasteiger partial charge in [-0.25, -0.2) is 0 Å². The standard InChI is InChI=1S/C10H19NO3/c1-14-6-2-3-10(13)11-5-4-9(7-11)8-12/h9,12H,2-8H2,1H3. The Morgan fingerprint density at radius 1 is 1.64 bits per heavy atom. The number of hydrogen-bond acceptors (Lipinski definition) is 3. The summed E-state index contributed by atoms with van der Waals surface area (Å²) in [5.41, 5.74) is 0. The average molecular weight is 201 g/mol. The minimum atomic E-state index is 0.193. The van der Waals surface area contributed by atoms with E-state index in [9.17, 15) is 4.79 Å². The quantitative estimate of drug-likeness (QED) is 0.649. The van der Waals surface area contributed by atoms with Crippen molar-refractivity contribution in [3.8, 4) is 0 Å². The molecule has 14 heavy (non-hydrogen) atoms. The summed E-state index contributed by atoms with van der Waals surface area (Å²) in [7, 11) is 1.64. The first-order chi connectivity index (χ1) is 6.77. The highest BCUT2D eigenvalue weighted by Gasteiger charge is 2.24. The molecule has 0 spiro atoms. The van der Waals surface area contributed by atoms with Crippen LogP contribution in [0.1, 0.15) is 19.3 Å². The Labute approximate surface area is 84.8 Å². The molecular formula is C10H19NO3. The third-order valence-corrected chi connectivity index (χ3v) is 2.64. The van der Waals surface area contributed by atoms with Gasteiger partial charge in [0.25, 0.3) is 0 Å². The van der Waals surface area contributed by atoms with Crippen molar-refractivity contribution < 1.29 is 14.6 Å². The first kappa shape index (κ1) is 11.5. The summed E-state index contributed by atoms with van der Waals surface area (Å²) in [5.74, 6) is 0.486. The van der Waals surface area contributed by atoms with E-state index in [1.807, 2.05) is 4.90 Å². The van der Waals surface area contributed by atoms with Crippen LogP contribution in [0.25, 0.3) is 0 Å². The Morgan fingerprint density at radius 3 is 3.00 bits per heavy atom. The Kier molecular flexibility index (Phi) is 4.90. The molecule has 0 aliphatic carbocycles. The number of carbonyl (C=O) groups is 1. The smallest absolute Gasteiger partial charge is 0.222 e. The lowest BCUT2D eigenvalue weighted by atomic mass is 10.1. The van der Waals surface area contributed by atoms with E-state index in [1.165, 1.54) is 0 Å². The van der Waals surface area contributed by atoms with Gasteiger partial charge in [-0.2, -0.15) is 0 Å². The van der Waals surface area contributed by atoms with Gasteiger partial charge in [-0.3, -0.25) is 4.79 Å². The van der Waals surface area contributed by atoms with E-state index in [-0.39, 0.29) is 12.5 Å². The number of carbonyl (C=O) groups excluding carboxylic acids is 1. The lowest BCUT2D eigenvalue weighted by molar-refractivity contribution is -0.130. The largest absolute Gasteiger partial charge is 0.396 e. The number of methoxy groups -OCH3 is 1. The summed E-state index contributed by atoms with van der Waals surface area (Å²) in [5, 5.41) is 8.92. The highest BCUT2D eigenvalue weighted by atomic mass is 16.5.